The molecule has 1 aromatic heterocycles. The average Bonchev–Trinajstić information content (AvgIpc) is 2.90. The van der Waals surface area contributed by atoms with Gasteiger partial charge in [-0.05, 0) is 49.2 Å². The molecule has 0 spiro atoms. The van der Waals surface area contributed by atoms with Crippen LogP contribution in [0.25, 0.3) is 0 Å². The first kappa shape index (κ1) is 14.3. The first-order chi connectivity index (χ1) is 10.5. The number of anilines is 2. The van der Waals surface area contributed by atoms with Gasteiger partial charge in [-0.15, -0.1) is 0 Å². The molecule has 0 aliphatic carbocycles. The summed E-state index contributed by atoms with van der Waals surface area (Å²) in [6.07, 6.45) is 0.777. The molecule has 0 radical (unpaired) electrons. The molecule has 1 aliphatic heterocycles. The number of pyridine rings is 1. The Bertz CT molecular complexity index is 755. The van der Waals surface area contributed by atoms with Crippen molar-refractivity contribution in [2.45, 2.75) is 20.3 Å². The molecule has 0 fully saturated rings. The second-order valence-electron chi connectivity index (χ2n) is 5.38. The first-order valence-electron chi connectivity index (χ1n) is 7.20. The van der Waals surface area contributed by atoms with Crippen LogP contribution in [0.4, 0.5) is 11.5 Å². The molecule has 0 saturated carbocycles. The molecule has 0 saturated heterocycles. The van der Waals surface area contributed by atoms with Crippen molar-refractivity contribution in [2.75, 3.05) is 16.8 Å². The van der Waals surface area contributed by atoms with Crippen LogP contribution in [-0.4, -0.2) is 23.3 Å². The van der Waals surface area contributed by atoms with Gasteiger partial charge in [0.05, 0.1) is 0 Å². The predicted molar refractivity (Wildman–Crippen MR) is 85.1 cm³/mol. The molecule has 2 amide bonds. The molecular formula is C17H17N3O2. The maximum atomic E-state index is 12.3. The lowest BCUT2D eigenvalue weighted by Gasteiger charge is -2.14. The van der Waals surface area contributed by atoms with E-state index in [1.165, 1.54) is 0 Å². The van der Waals surface area contributed by atoms with E-state index in [-0.39, 0.29) is 11.8 Å². The van der Waals surface area contributed by atoms with Crippen LogP contribution in [0.2, 0.25) is 0 Å². The van der Waals surface area contributed by atoms with Crippen LogP contribution in [0.1, 0.15) is 28.5 Å². The molecule has 22 heavy (non-hydrogen) atoms. The van der Waals surface area contributed by atoms with Gasteiger partial charge < -0.3 is 10.2 Å². The minimum Gasteiger partial charge on any atom is -0.312 e. The van der Waals surface area contributed by atoms with Crippen molar-refractivity contribution in [1.29, 1.82) is 0 Å². The Kier molecular flexibility index (Phi) is 3.63. The number of carbonyl (C=O) groups is 2. The zero-order valence-corrected chi connectivity index (χ0v) is 12.6. The second kappa shape index (κ2) is 5.60. The van der Waals surface area contributed by atoms with Gasteiger partial charge in [0.25, 0.3) is 5.91 Å². The zero-order chi connectivity index (χ0) is 15.7. The number of aromatic nitrogens is 1. The maximum Gasteiger partial charge on any atom is 0.256 e. The van der Waals surface area contributed by atoms with E-state index in [0.717, 1.165) is 23.4 Å². The van der Waals surface area contributed by atoms with Crippen molar-refractivity contribution in [1.82, 2.24) is 4.98 Å². The van der Waals surface area contributed by atoms with Gasteiger partial charge in [0.15, 0.2) is 0 Å². The first-order valence-corrected chi connectivity index (χ1v) is 7.20. The monoisotopic (exact) mass is 295 g/mol. The fourth-order valence-corrected chi connectivity index (χ4v) is 2.67. The van der Waals surface area contributed by atoms with Crippen LogP contribution < -0.4 is 10.2 Å². The van der Waals surface area contributed by atoms with Gasteiger partial charge in [0.2, 0.25) is 5.91 Å². The summed E-state index contributed by atoms with van der Waals surface area (Å²) < 4.78 is 0. The highest BCUT2D eigenvalue weighted by molar-refractivity contribution is 6.04. The van der Waals surface area contributed by atoms with E-state index in [1.54, 1.807) is 24.0 Å². The van der Waals surface area contributed by atoms with Crippen molar-refractivity contribution in [2.24, 2.45) is 0 Å². The molecular weight excluding hydrogens is 278 g/mol. The van der Waals surface area contributed by atoms with Crippen LogP contribution in [0.3, 0.4) is 0 Å². The average molecular weight is 295 g/mol. The van der Waals surface area contributed by atoms with E-state index < -0.39 is 0 Å². The molecule has 0 unspecified atom stereocenters. The third kappa shape index (κ3) is 2.70. The largest absolute Gasteiger partial charge is 0.312 e. The molecule has 1 aromatic carbocycles. The Morgan fingerprint density at radius 1 is 1.23 bits per heavy atom. The topological polar surface area (TPSA) is 62.3 Å². The molecule has 2 heterocycles. The summed E-state index contributed by atoms with van der Waals surface area (Å²) in [7, 11) is 0. The molecule has 3 rings (SSSR count). The molecule has 0 atom stereocenters. The Labute approximate surface area is 129 Å². The van der Waals surface area contributed by atoms with Gasteiger partial charge in [-0.2, -0.15) is 0 Å². The van der Waals surface area contributed by atoms with E-state index >= 15 is 0 Å². The standard InChI is InChI=1S/C17H17N3O2/c1-11-4-3-5-16(18-11)19-17(22)14-6-7-15-13(10-14)8-9-20(15)12(2)21/h3-7,10H,8-9H2,1-2H3,(H,18,19,22). The number of carbonyl (C=O) groups excluding carboxylic acids is 2. The number of aryl methyl sites for hydroxylation is 1. The number of hydrogen-bond acceptors (Lipinski definition) is 3. The zero-order valence-electron chi connectivity index (χ0n) is 12.6. The lowest BCUT2D eigenvalue weighted by molar-refractivity contribution is -0.116. The van der Waals surface area contributed by atoms with Crippen LogP contribution in [0.15, 0.2) is 36.4 Å². The van der Waals surface area contributed by atoms with Crippen LogP contribution >= 0.6 is 0 Å². The van der Waals surface area contributed by atoms with Crippen LogP contribution in [0, 0.1) is 6.92 Å². The molecule has 2 aromatic rings. The van der Waals surface area contributed by atoms with Crippen molar-refractivity contribution in [3.05, 3.63) is 53.2 Å². The van der Waals surface area contributed by atoms with E-state index in [9.17, 15) is 9.59 Å². The maximum absolute atomic E-state index is 12.3. The van der Waals surface area contributed by atoms with E-state index in [4.69, 9.17) is 0 Å². The van der Waals surface area contributed by atoms with E-state index in [0.29, 0.717) is 17.9 Å². The molecule has 112 valence electrons. The van der Waals surface area contributed by atoms with E-state index in [2.05, 4.69) is 10.3 Å². The molecule has 5 nitrogen and oxygen atoms in total. The molecule has 1 aliphatic rings. The Balaban J connectivity index is 1.81. The summed E-state index contributed by atoms with van der Waals surface area (Å²) in [4.78, 5) is 29.8. The number of benzene rings is 1. The van der Waals surface area contributed by atoms with Gasteiger partial charge in [0, 0.05) is 30.4 Å². The highest BCUT2D eigenvalue weighted by Crippen LogP contribution is 2.29. The van der Waals surface area contributed by atoms with Gasteiger partial charge >= 0.3 is 0 Å². The molecule has 1 N–H and O–H groups in total. The number of nitrogens with zero attached hydrogens (tertiary/aromatic N) is 2. The summed E-state index contributed by atoms with van der Waals surface area (Å²) in [5.41, 5.74) is 3.36. The summed E-state index contributed by atoms with van der Waals surface area (Å²) in [6.45, 7) is 4.11. The summed E-state index contributed by atoms with van der Waals surface area (Å²) in [5.74, 6) is 0.373. The fourth-order valence-electron chi connectivity index (χ4n) is 2.67. The summed E-state index contributed by atoms with van der Waals surface area (Å²) in [5, 5.41) is 2.79. The third-order valence-electron chi connectivity index (χ3n) is 3.75. The fraction of sp³-hybridized carbons (Fsp3) is 0.235. The van der Waals surface area contributed by atoms with Crippen molar-refractivity contribution in [3.8, 4) is 0 Å². The highest BCUT2D eigenvalue weighted by atomic mass is 16.2. The van der Waals surface area contributed by atoms with Crippen LogP contribution in [0.5, 0.6) is 0 Å². The normalized spacial score (nSPS) is 12.9. The third-order valence-corrected chi connectivity index (χ3v) is 3.75. The summed E-state index contributed by atoms with van der Waals surface area (Å²) >= 11 is 0. The van der Waals surface area contributed by atoms with E-state index in [1.807, 2.05) is 31.2 Å². The minimum absolute atomic E-state index is 0.0277. The Morgan fingerprint density at radius 2 is 2.05 bits per heavy atom. The van der Waals surface area contributed by atoms with Gasteiger partial charge in [-0.1, -0.05) is 6.07 Å². The molecule has 0 bridgehead atoms. The lowest BCUT2D eigenvalue weighted by atomic mass is 10.1. The SMILES string of the molecule is CC(=O)N1CCc2cc(C(=O)Nc3cccc(C)n3)ccc21. The highest BCUT2D eigenvalue weighted by Gasteiger charge is 2.23. The Hall–Kier alpha value is -2.69. The predicted octanol–water partition coefficient (Wildman–Crippen LogP) is 2.55. The minimum atomic E-state index is -0.192. The summed E-state index contributed by atoms with van der Waals surface area (Å²) in [6, 6.07) is 10.9. The molecule has 5 heteroatoms. The van der Waals surface area contributed by atoms with Gasteiger partial charge in [0.1, 0.15) is 5.82 Å². The van der Waals surface area contributed by atoms with Gasteiger partial charge in [-0.25, -0.2) is 4.98 Å². The quantitative estimate of drug-likeness (QED) is 0.926. The van der Waals surface area contributed by atoms with Crippen molar-refractivity contribution >= 4 is 23.3 Å². The van der Waals surface area contributed by atoms with Gasteiger partial charge in [-0.3, -0.25) is 9.59 Å². The number of amides is 2. The number of fused-ring (bicyclic) bond motifs is 1. The lowest BCUT2D eigenvalue weighted by Crippen LogP contribution is -2.25. The number of nitrogens with one attached hydrogen (secondary N) is 1. The number of hydrogen-bond donors (Lipinski definition) is 1. The van der Waals surface area contributed by atoms with Crippen molar-refractivity contribution in [3.63, 3.8) is 0 Å². The van der Waals surface area contributed by atoms with Crippen molar-refractivity contribution < 1.29 is 9.59 Å². The smallest absolute Gasteiger partial charge is 0.256 e. The van der Waals surface area contributed by atoms with Crippen LogP contribution in [-0.2, 0) is 11.2 Å². The second-order valence-corrected chi connectivity index (χ2v) is 5.38. The number of rotatable bonds is 2. The Morgan fingerprint density at radius 3 is 2.77 bits per heavy atom.